The number of nitrogens with one attached hydrogen (secondary N) is 1. The molecule has 0 aliphatic rings. The Morgan fingerprint density at radius 2 is 1.67 bits per heavy atom. The fourth-order valence-corrected chi connectivity index (χ4v) is 2.34. The minimum absolute atomic E-state index is 0.678. The fourth-order valence-electron chi connectivity index (χ4n) is 2.34. The van der Waals surface area contributed by atoms with Crippen LogP contribution in [0.1, 0.15) is 30.8 Å². The maximum absolute atomic E-state index is 4.65. The van der Waals surface area contributed by atoms with Gasteiger partial charge in [-0.25, -0.2) is 9.97 Å². The van der Waals surface area contributed by atoms with Gasteiger partial charge in [-0.1, -0.05) is 13.8 Å². The summed E-state index contributed by atoms with van der Waals surface area (Å²) in [6.07, 6.45) is 4.52. The molecule has 0 fully saturated rings. The van der Waals surface area contributed by atoms with E-state index in [-0.39, 0.29) is 0 Å². The highest BCUT2D eigenvalue weighted by Crippen LogP contribution is 2.18. The second-order valence-corrected chi connectivity index (χ2v) is 5.78. The minimum atomic E-state index is 0.678. The average molecular weight is 284 g/mol. The van der Waals surface area contributed by atoms with Crippen LogP contribution in [-0.2, 0) is 6.42 Å². The van der Waals surface area contributed by atoms with E-state index in [2.05, 4.69) is 48.0 Å². The molecule has 112 valence electrons. The highest BCUT2D eigenvalue weighted by molar-refractivity contribution is 5.54. The van der Waals surface area contributed by atoms with E-state index in [4.69, 9.17) is 0 Å². The maximum Gasteiger partial charge on any atom is 0.159 e. The van der Waals surface area contributed by atoms with Crippen LogP contribution in [0.25, 0.3) is 11.4 Å². The lowest BCUT2D eigenvalue weighted by Gasteiger charge is -2.12. The summed E-state index contributed by atoms with van der Waals surface area (Å²) in [7, 11) is 0. The zero-order chi connectivity index (χ0) is 15.2. The van der Waals surface area contributed by atoms with Gasteiger partial charge in [0.05, 0.1) is 0 Å². The SMILES string of the molecule is Cc1nc(-c2ccncc2)nc(C)c1CCNCC(C)C. The van der Waals surface area contributed by atoms with Gasteiger partial charge < -0.3 is 5.32 Å². The van der Waals surface area contributed by atoms with Gasteiger partial charge in [-0.05, 0) is 57.0 Å². The normalized spacial score (nSPS) is 11.1. The van der Waals surface area contributed by atoms with Crippen molar-refractivity contribution in [3.8, 4) is 11.4 Å². The largest absolute Gasteiger partial charge is 0.316 e. The van der Waals surface area contributed by atoms with Gasteiger partial charge in [-0.15, -0.1) is 0 Å². The highest BCUT2D eigenvalue weighted by Gasteiger charge is 2.09. The first-order valence-electron chi connectivity index (χ1n) is 7.53. The van der Waals surface area contributed by atoms with Crippen molar-refractivity contribution < 1.29 is 0 Å². The molecule has 21 heavy (non-hydrogen) atoms. The van der Waals surface area contributed by atoms with Gasteiger partial charge in [-0.2, -0.15) is 0 Å². The van der Waals surface area contributed by atoms with Gasteiger partial charge in [0.15, 0.2) is 5.82 Å². The van der Waals surface area contributed by atoms with E-state index >= 15 is 0 Å². The zero-order valence-electron chi connectivity index (χ0n) is 13.3. The van der Waals surface area contributed by atoms with Crippen molar-refractivity contribution in [1.82, 2.24) is 20.3 Å². The fraction of sp³-hybridized carbons (Fsp3) is 0.471. The molecule has 0 aliphatic carbocycles. The van der Waals surface area contributed by atoms with Gasteiger partial charge in [0.2, 0.25) is 0 Å². The van der Waals surface area contributed by atoms with E-state index in [0.29, 0.717) is 5.92 Å². The van der Waals surface area contributed by atoms with Crippen LogP contribution in [-0.4, -0.2) is 28.0 Å². The molecule has 4 heteroatoms. The third-order valence-electron chi connectivity index (χ3n) is 3.46. The molecule has 2 aromatic rings. The summed E-state index contributed by atoms with van der Waals surface area (Å²) in [5, 5.41) is 3.47. The number of aromatic nitrogens is 3. The molecule has 0 spiro atoms. The number of rotatable bonds is 6. The van der Waals surface area contributed by atoms with Crippen LogP contribution in [0.4, 0.5) is 0 Å². The first kappa shape index (κ1) is 15.6. The molecule has 0 aromatic carbocycles. The van der Waals surface area contributed by atoms with Crippen LogP contribution in [0.15, 0.2) is 24.5 Å². The van der Waals surface area contributed by atoms with E-state index in [0.717, 1.165) is 42.3 Å². The van der Waals surface area contributed by atoms with Crippen molar-refractivity contribution >= 4 is 0 Å². The molecular formula is C17H24N4. The summed E-state index contributed by atoms with van der Waals surface area (Å²) < 4.78 is 0. The molecule has 0 unspecified atom stereocenters. The smallest absolute Gasteiger partial charge is 0.159 e. The Bertz CT molecular complexity index is 556. The molecule has 0 aliphatic heterocycles. The third-order valence-corrected chi connectivity index (χ3v) is 3.46. The summed E-state index contributed by atoms with van der Waals surface area (Å²) in [6, 6.07) is 3.89. The number of nitrogens with zero attached hydrogens (tertiary/aromatic N) is 3. The predicted octanol–water partition coefficient (Wildman–Crippen LogP) is 2.94. The van der Waals surface area contributed by atoms with Crippen LogP contribution in [0.5, 0.6) is 0 Å². The van der Waals surface area contributed by atoms with E-state index in [1.165, 1.54) is 5.56 Å². The second kappa shape index (κ2) is 7.27. The summed E-state index contributed by atoms with van der Waals surface area (Å²) >= 11 is 0. The lowest BCUT2D eigenvalue weighted by Crippen LogP contribution is -2.23. The predicted molar refractivity (Wildman–Crippen MR) is 86.1 cm³/mol. The van der Waals surface area contributed by atoms with E-state index < -0.39 is 0 Å². The van der Waals surface area contributed by atoms with Crippen LogP contribution in [0.2, 0.25) is 0 Å². The first-order valence-corrected chi connectivity index (χ1v) is 7.53. The van der Waals surface area contributed by atoms with Crippen molar-refractivity contribution in [2.24, 2.45) is 5.92 Å². The Kier molecular flexibility index (Phi) is 5.39. The van der Waals surface area contributed by atoms with E-state index in [1.807, 2.05) is 12.1 Å². The number of aryl methyl sites for hydroxylation is 2. The second-order valence-electron chi connectivity index (χ2n) is 5.78. The minimum Gasteiger partial charge on any atom is -0.316 e. The Hall–Kier alpha value is -1.81. The summed E-state index contributed by atoms with van der Waals surface area (Å²) in [5.41, 5.74) is 4.41. The Morgan fingerprint density at radius 3 is 2.24 bits per heavy atom. The van der Waals surface area contributed by atoms with E-state index in [9.17, 15) is 0 Å². The molecular weight excluding hydrogens is 260 g/mol. The summed E-state index contributed by atoms with van der Waals surface area (Å²) in [6.45, 7) is 10.6. The molecule has 0 radical (unpaired) electrons. The van der Waals surface area contributed by atoms with Crippen molar-refractivity contribution in [2.45, 2.75) is 34.1 Å². The zero-order valence-corrected chi connectivity index (χ0v) is 13.3. The van der Waals surface area contributed by atoms with Gasteiger partial charge in [0.25, 0.3) is 0 Å². The summed E-state index contributed by atoms with van der Waals surface area (Å²) in [5.74, 6) is 1.46. The maximum atomic E-state index is 4.65. The molecule has 1 N–H and O–H groups in total. The molecule has 2 heterocycles. The molecule has 4 nitrogen and oxygen atoms in total. The topological polar surface area (TPSA) is 50.7 Å². The molecule has 0 saturated carbocycles. The lowest BCUT2D eigenvalue weighted by molar-refractivity contribution is 0.553. The monoisotopic (exact) mass is 284 g/mol. The molecule has 0 amide bonds. The van der Waals surface area contributed by atoms with Crippen molar-refractivity contribution in [2.75, 3.05) is 13.1 Å². The number of hydrogen-bond acceptors (Lipinski definition) is 4. The third kappa shape index (κ3) is 4.33. The van der Waals surface area contributed by atoms with Crippen LogP contribution >= 0.6 is 0 Å². The Balaban J connectivity index is 2.11. The van der Waals surface area contributed by atoms with Crippen LogP contribution in [0, 0.1) is 19.8 Å². The van der Waals surface area contributed by atoms with Crippen molar-refractivity contribution in [3.63, 3.8) is 0 Å². The van der Waals surface area contributed by atoms with Crippen molar-refractivity contribution in [1.29, 1.82) is 0 Å². The molecule has 2 rings (SSSR count). The lowest BCUT2D eigenvalue weighted by atomic mass is 10.1. The van der Waals surface area contributed by atoms with Crippen LogP contribution < -0.4 is 5.32 Å². The number of pyridine rings is 1. The Morgan fingerprint density at radius 1 is 1.05 bits per heavy atom. The highest BCUT2D eigenvalue weighted by atomic mass is 14.9. The summed E-state index contributed by atoms with van der Waals surface area (Å²) in [4.78, 5) is 13.3. The van der Waals surface area contributed by atoms with E-state index in [1.54, 1.807) is 12.4 Å². The van der Waals surface area contributed by atoms with Gasteiger partial charge in [0, 0.05) is 29.3 Å². The number of hydrogen-bond donors (Lipinski definition) is 1. The molecule has 0 saturated heterocycles. The molecule has 2 aromatic heterocycles. The Labute approximate surface area is 127 Å². The molecule has 0 atom stereocenters. The average Bonchev–Trinajstić information content (AvgIpc) is 2.46. The first-order chi connectivity index (χ1) is 10.1. The van der Waals surface area contributed by atoms with Gasteiger partial charge in [-0.3, -0.25) is 4.98 Å². The molecule has 0 bridgehead atoms. The van der Waals surface area contributed by atoms with Gasteiger partial charge in [0.1, 0.15) is 0 Å². The van der Waals surface area contributed by atoms with Gasteiger partial charge >= 0.3 is 0 Å². The van der Waals surface area contributed by atoms with Crippen molar-refractivity contribution in [3.05, 3.63) is 41.5 Å². The standard InChI is InChI=1S/C17H24N4/c1-12(2)11-19-10-7-16-13(3)20-17(21-14(16)4)15-5-8-18-9-6-15/h5-6,8-9,12,19H,7,10-11H2,1-4H3. The quantitative estimate of drug-likeness (QED) is 0.829. The van der Waals surface area contributed by atoms with Crippen LogP contribution in [0.3, 0.4) is 0 Å².